The van der Waals surface area contributed by atoms with Gasteiger partial charge in [0.15, 0.2) is 10.9 Å². The van der Waals surface area contributed by atoms with E-state index in [-0.39, 0.29) is 11.1 Å². The first-order chi connectivity index (χ1) is 11.5. The third-order valence-corrected chi connectivity index (χ3v) is 4.44. The van der Waals surface area contributed by atoms with E-state index in [4.69, 9.17) is 23.2 Å². The number of hydrogen-bond acceptors (Lipinski definition) is 6. The van der Waals surface area contributed by atoms with E-state index in [0.29, 0.717) is 26.5 Å². The molecule has 3 rings (SSSR count). The van der Waals surface area contributed by atoms with Gasteiger partial charge in [-0.15, -0.1) is 0 Å². The highest BCUT2D eigenvalue weighted by Gasteiger charge is 2.14. The number of carbonyl (C=O) groups excluding carboxylic acids is 1. The van der Waals surface area contributed by atoms with Crippen molar-refractivity contribution in [2.24, 2.45) is 0 Å². The summed E-state index contributed by atoms with van der Waals surface area (Å²) in [6, 6.07) is 5.43. The fourth-order valence-electron chi connectivity index (χ4n) is 1.91. The van der Waals surface area contributed by atoms with Crippen LogP contribution in [-0.4, -0.2) is 20.9 Å². The highest BCUT2D eigenvalue weighted by atomic mass is 35.5. The fraction of sp³-hybridized carbons (Fsp3) is 0.0667. The monoisotopic (exact) mass is 379 g/mol. The molecule has 0 unspecified atom stereocenters. The summed E-state index contributed by atoms with van der Waals surface area (Å²) in [7, 11) is 0. The fourth-order valence-corrected chi connectivity index (χ4v) is 3.05. The van der Waals surface area contributed by atoms with E-state index in [0.717, 1.165) is 5.56 Å². The van der Waals surface area contributed by atoms with Crippen molar-refractivity contribution in [3.05, 3.63) is 57.4 Å². The second-order valence-electron chi connectivity index (χ2n) is 4.77. The summed E-state index contributed by atoms with van der Waals surface area (Å²) in [6.45, 7) is 1.87. The summed E-state index contributed by atoms with van der Waals surface area (Å²) >= 11 is 13.1. The molecule has 122 valence electrons. The zero-order valence-corrected chi connectivity index (χ0v) is 14.7. The second kappa shape index (κ2) is 7.12. The van der Waals surface area contributed by atoms with E-state index < -0.39 is 0 Å². The maximum Gasteiger partial charge on any atom is 0.267 e. The number of para-hydroxylation sites is 1. The molecule has 0 spiro atoms. The summed E-state index contributed by atoms with van der Waals surface area (Å²) in [6.07, 6.45) is 4.42. The van der Waals surface area contributed by atoms with Gasteiger partial charge in [-0.3, -0.25) is 9.78 Å². The van der Waals surface area contributed by atoms with Crippen molar-refractivity contribution in [3.8, 4) is 0 Å². The quantitative estimate of drug-likeness (QED) is 0.695. The number of halogens is 2. The molecule has 0 atom stereocenters. The Morgan fingerprint density at radius 2 is 2.04 bits per heavy atom. The molecule has 0 saturated carbocycles. The van der Waals surface area contributed by atoms with E-state index >= 15 is 0 Å². The molecule has 6 nitrogen and oxygen atoms in total. The zero-order chi connectivity index (χ0) is 17.1. The first-order valence-electron chi connectivity index (χ1n) is 6.80. The van der Waals surface area contributed by atoms with Crippen LogP contribution in [0.5, 0.6) is 0 Å². The molecule has 2 heterocycles. The average Bonchev–Trinajstić information content (AvgIpc) is 2.99. The minimum atomic E-state index is -0.283. The lowest BCUT2D eigenvalue weighted by atomic mass is 10.2. The van der Waals surface area contributed by atoms with Gasteiger partial charge in [0.05, 0.1) is 29.3 Å². The van der Waals surface area contributed by atoms with E-state index in [1.54, 1.807) is 6.07 Å². The highest BCUT2D eigenvalue weighted by Crippen LogP contribution is 2.27. The van der Waals surface area contributed by atoms with Gasteiger partial charge >= 0.3 is 0 Å². The summed E-state index contributed by atoms with van der Waals surface area (Å²) in [5, 5.41) is 7.01. The van der Waals surface area contributed by atoms with Crippen LogP contribution in [0.4, 0.5) is 16.6 Å². The Hall–Kier alpha value is -2.22. The van der Waals surface area contributed by atoms with Gasteiger partial charge in [-0.1, -0.05) is 46.7 Å². The molecule has 0 aliphatic rings. The van der Waals surface area contributed by atoms with Crippen molar-refractivity contribution in [2.75, 3.05) is 10.6 Å². The Bertz CT molecular complexity index is 879. The molecule has 0 bridgehead atoms. The lowest BCUT2D eigenvalue weighted by molar-refractivity contribution is 0.103. The number of anilines is 3. The van der Waals surface area contributed by atoms with Crippen LogP contribution in [0.25, 0.3) is 0 Å². The highest BCUT2D eigenvalue weighted by molar-refractivity contribution is 7.17. The smallest absolute Gasteiger partial charge is 0.267 e. The number of nitrogens with one attached hydrogen (secondary N) is 2. The van der Waals surface area contributed by atoms with Crippen molar-refractivity contribution < 1.29 is 4.79 Å². The maximum absolute atomic E-state index is 12.4. The molecule has 0 saturated heterocycles. The molecular formula is C15H11Cl2N5OS. The number of amides is 1. The van der Waals surface area contributed by atoms with E-state index in [1.165, 1.54) is 29.9 Å². The molecule has 24 heavy (non-hydrogen) atoms. The van der Waals surface area contributed by atoms with Crippen molar-refractivity contribution in [2.45, 2.75) is 6.92 Å². The predicted octanol–water partition coefficient (Wildman–Crippen LogP) is 4.54. The van der Waals surface area contributed by atoms with Crippen molar-refractivity contribution in [1.29, 1.82) is 0 Å². The Labute approximate surface area is 151 Å². The van der Waals surface area contributed by atoms with E-state index in [9.17, 15) is 4.79 Å². The number of aryl methyl sites for hydroxylation is 1. The lowest BCUT2D eigenvalue weighted by Crippen LogP contribution is -2.11. The first kappa shape index (κ1) is 16.6. The van der Waals surface area contributed by atoms with Gasteiger partial charge in [0.2, 0.25) is 0 Å². The van der Waals surface area contributed by atoms with Crippen LogP contribution in [0.3, 0.4) is 0 Å². The third kappa shape index (κ3) is 3.81. The van der Waals surface area contributed by atoms with Gasteiger partial charge in [0.25, 0.3) is 5.91 Å². The minimum Gasteiger partial charge on any atom is -0.320 e. The normalized spacial score (nSPS) is 10.5. The maximum atomic E-state index is 12.4. The zero-order valence-electron chi connectivity index (χ0n) is 12.4. The molecule has 1 aromatic carbocycles. The Morgan fingerprint density at radius 1 is 1.21 bits per heavy atom. The second-order valence-corrected chi connectivity index (χ2v) is 6.59. The van der Waals surface area contributed by atoms with Crippen LogP contribution < -0.4 is 10.6 Å². The van der Waals surface area contributed by atoms with Crippen LogP contribution in [0, 0.1) is 6.92 Å². The lowest BCUT2D eigenvalue weighted by Gasteiger charge is -2.08. The van der Waals surface area contributed by atoms with Gasteiger partial charge in [0.1, 0.15) is 10.0 Å². The van der Waals surface area contributed by atoms with E-state index in [2.05, 4.69) is 25.6 Å². The molecule has 1 amide bonds. The first-order valence-corrected chi connectivity index (χ1v) is 8.37. The van der Waals surface area contributed by atoms with Crippen LogP contribution in [0.2, 0.25) is 10.2 Å². The van der Waals surface area contributed by atoms with Crippen LogP contribution in [0.1, 0.15) is 15.2 Å². The topological polar surface area (TPSA) is 79.8 Å². The molecule has 2 N–H and O–H groups in total. The summed E-state index contributed by atoms with van der Waals surface area (Å²) < 4.78 is 0. The predicted molar refractivity (Wildman–Crippen MR) is 96.6 cm³/mol. The molecule has 9 heteroatoms. The molecule has 3 aromatic rings. The summed E-state index contributed by atoms with van der Waals surface area (Å²) in [5.41, 5.74) is 1.47. The number of carbonyl (C=O) groups is 1. The van der Waals surface area contributed by atoms with Gasteiger partial charge in [-0.25, -0.2) is 9.97 Å². The summed E-state index contributed by atoms with van der Waals surface area (Å²) in [4.78, 5) is 24.9. The van der Waals surface area contributed by atoms with Gasteiger partial charge in [0, 0.05) is 0 Å². The number of thiazole rings is 1. The molecule has 0 fully saturated rings. The van der Waals surface area contributed by atoms with E-state index in [1.807, 2.05) is 19.1 Å². The number of nitrogens with zero attached hydrogens (tertiary/aromatic N) is 3. The Kier molecular flexibility index (Phi) is 4.94. The number of benzene rings is 1. The largest absolute Gasteiger partial charge is 0.320 e. The van der Waals surface area contributed by atoms with Crippen LogP contribution in [-0.2, 0) is 0 Å². The molecule has 0 radical (unpaired) electrons. The molecule has 0 aliphatic heterocycles. The molecule has 2 aromatic heterocycles. The minimum absolute atomic E-state index is 0.267. The SMILES string of the molecule is Cc1cccc(Cl)c1NC(=O)c1cnc(Nc2cncc(Cl)n2)s1. The number of aromatic nitrogens is 3. The Balaban J connectivity index is 1.74. The number of hydrogen-bond donors (Lipinski definition) is 2. The van der Waals surface area contributed by atoms with Crippen LogP contribution in [0.15, 0.2) is 36.8 Å². The van der Waals surface area contributed by atoms with Gasteiger partial charge < -0.3 is 10.6 Å². The molecular weight excluding hydrogens is 369 g/mol. The molecule has 0 aliphatic carbocycles. The Morgan fingerprint density at radius 3 is 2.79 bits per heavy atom. The van der Waals surface area contributed by atoms with Crippen LogP contribution >= 0.6 is 34.5 Å². The van der Waals surface area contributed by atoms with Crippen molar-refractivity contribution in [1.82, 2.24) is 15.0 Å². The third-order valence-electron chi connectivity index (χ3n) is 3.03. The standard InChI is InChI=1S/C15H11Cl2N5OS/c1-8-3-2-4-9(16)13(8)22-14(23)10-5-19-15(24-10)21-12-7-18-6-11(17)20-12/h2-7H,1H3,(H,22,23)(H,19,20,21). The van der Waals surface area contributed by atoms with Crippen molar-refractivity contribution in [3.63, 3.8) is 0 Å². The number of rotatable bonds is 4. The summed E-state index contributed by atoms with van der Waals surface area (Å²) in [5.74, 6) is 0.166. The average molecular weight is 380 g/mol. The van der Waals surface area contributed by atoms with Gasteiger partial charge in [-0.2, -0.15) is 0 Å². The van der Waals surface area contributed by atoms with Crippen molar-refractivity contribution >= 4 is 57.1 Å². The van der Waals surface area contributed by atoms with Gasteiger partial charge in [-0.05, 0) is 18.6 Å².